The monoisotopic (exact) mass is 288 g/mol. The minimum absolute atomic E-state index is 0.0430. The number of ether oxygens (including phenoxy) is 1. The van der Waals surface area contributed by atoms with E-state index in [4.69, 9.17) is 10.5 Å². The van der Waals surface area contributed by atoms with E-state index < -0.39 is 4.92 Å². The van der Waals surface area contributed by atoms with Gasteiger partial charge in [0.25, 0.3) is 0 Å². The normalized spacial score (nSPS) is 12.2. The van der Waals surface area contributed by atoms with E-state index >= 15 is 0 Å². The summed E-state index contributed by atoms with van der Waals surface area (Å²) in [5, 5.41) is 10.8. The van der Waals surface area contributed by atoms with Gasteiger partial charge in [-0.05, 0) is 18.7 Å². The van der Waals surface area contributed by atoms with Crippen LogP contribution in [0.4, 0.5) is 5.69 Å². The van der Waals surface area contributed by atoms with Gasteiger partial charge in [0, 0.05) is 16.5 Å². The summed E-state index contributed by atoms with van der Waals surface area (Å²) < 4.78 is 6.01. The maximum absolute atomic E-state index is 10.8. The summed E-state index contributed by atoms with van der Waals surface area (Å²) in [5.74, 6) is 0.441. The molecule has 0 aliphatic carbocycles. The quantitative estimate of drug-likeness (QED) is 0.666. The zero-order chi connectivity index (χ0) is 12.1. The van der Waals surface area contributed by atoms with E-state index in [9.17, 15) is 10.1 Å². The van der Waals surface area contributed by atoms with Gasteiger partial charge < -0.3 is 10.5 Å². The molecule has 88 valence electrons. The Hall–Kier alpha value is -1.14. The van der Waals surface area contributed by atoms with Crippen LogP contribution in [0.1, 0.15) is 6.92 Å². The third-order valence-electron chi connectivity index (χ3n) is 2.04. The number of nitrogens with zero attached hydrogens (tertiary/aromatic N) is 1. The molecule has 0 heterocycles. The van der Waals surface area contributed by atoms with Crippen molar-refractivity contribution in [2.24, 2.45) is 11.7 Å². The number of benzene rings is 1. The second-order valence-electron chi connectivity index (χ2n) is 3.52. The fourth-order valence-corrected chi connectivity index (χ4v) is 1.40. The second kappa shape index (κ2) is 5.81. The summed E-state index contributed by atoms with van der Waals surface area (Å²) in [6, 6.07) is 4.70. The first-order chi connectivity index (χ1) is 7.54. The summed E-state index contributed by atoms with van der Waals surface area (Å²) in [7, 11) is 0. The Morgan fingerprint density at radius 1 is 1.62 bits per heavy atom. The molecule has 1 aromatic rings. The lowest BCUT2D eigenvalue weighted by Gasteiger charge is -2.10. The Bertz CT molecular complexity index is 384. The van der Waals surface area contributed by atoms with Crippen LogP contribution in [0.3, 0.4) is 0 Å². The highest BCUT2D eigenvalue weighted by molar-refractivity contribution is 9.10. The molecule has 1 aromatic carbocycles. The molecule has 0 fully saturated rings. The molecule has 5 nitrogen and oxygen atoms in total. The highest BCUT2D eigenvalue weighted by Gasteiger charge is 2.16. The molecule has 0 radical (unpaired) electrons. The molecule has 1 atom stereocenters. The average molecular weight is 289 g/mol. The Kier molecular flexibility index (Phi) is 4.70. The van der Waals surface area contributed by atoms with Crippen molar-refractivity contribution < 1.29 is 9.66 Å². The predicted octanol–water partition coefficient (Wildman–Crippen LogP) is 2.33. The SMILES string of the molecule is CC(CN)COc1ccc(Br)cc1[N+](=O)[O-]. The van der Waals surface area contributed by atoms with E-state index in [1.54, 1.807) is 12.1 Å². The van der Waals surface area contributed by atoms with Crippen molar-refractivity contribution in [3.05, 3.63) is 32.8 Å². The summed E-state index contributed by atoms with van der Waals surface area (Å²) >= 11 is 3.18. The smallest absolute Gasteiger partial charge is 0.312 e. The van der Waals surface area contributed by atoms with Crippen molar-refractivity contribution in [3.8, 4) is 5.75 Å². The molecule has 1 rings (SSSR count). The van der Waals surface area contributed by atoms with Gasteiger partial charge in [0.15, 0.2) is 5.75 Å². The van der Waals surface area contributed by atoms with Gasteiger partial charge in [-0.3, -0.25) is 10.1 Å². The fourth-order valence-electron chi connectivity index (χ4n) is 1.06. The van der Waals surface area contributed by atoms with Gasteiger partial charge >= 0.3 is 5.69 Å². The lowest BCUT2D eigenvalue weighted by atomic mass is 10.2. The molecule has 0 aliphatic rings. The van der Waals surface area contributed by atoms with Crippen LogP contribution in [0.2, 0.25) is 0 Å². The van der Waals surface area contributed by atoms with Crippen molar-refractivity contribution in [2.75, 3.05) is 13.2 Å². The number of nitro benzene ring substituents is 1. The molecular formula is C10H13BrN2O3. The first-order valence-corrected chi connectivity index (χ1v) is 5.60. The molecule has 0 bridgehead atoms. The van der Waals surface area contributed by atoms with Crippen LogP contribution in [-0.2, 0) is 0 Å². The number of hydrogen-bond acceptors (Lipinski definition) is 4. The first-order valence-electron chi connectivity index (χ1n) is 4.81. The average Bonchev–Trinajstić information content (AvgIpc) is 2.26. The largest absolute Gasteiger partial charge is 0.486 e. The summed E-state index contributed by atoms with van der Waals surface area (Å²) in [4.78, 5) is 10.3. The summed E-state index contributed by atoms with van der Waals surface area (Å²) in [6.45, 7) is 2.79. The zero-order valence-corrected chi connectivity index (χ0v) is 10.4. The van der Waals surface area contributed by atoms with Gasteiger partial charge in [0.2, 0.25) is 0 Å². The number of nitro groups is 1. The summed E-state index contributed by atoms with van der Waals surface area (Å²) in [6.07, 6.45) is 0. The molecule has 1 unspecified atom stereocenters. The molecular weight excluding hydrogens is 276 g/mol. The second-order valence-corrected chi connectivity index (χ2v) is 4.44. The molecule has 0 spiro atoms. The Morgan fingerprint density at radius 2 is 2.31 bits per heavy atom. The third-order valence-corrected chi connectivity index (χ3v) is 2.54. The van der Waals surface area contributed by atoms with Gasteiger partial charge in [0.05, 0.1) is 11.5 Å². The molecule has 0 aliphatic heterocycles. The lowest BCUT2D eigenvalue weighted by molar-refractivity contribution is -0.386. The third kappa shape index (κ3) is 3.46. The van der Waals surface area contributed by atoms with Crippen molar-refractivity contribution in [3.63, 3.8) is 0 Å². The molecule has 6 heteroatoms. The minimum Gasteiger partial charge on any atom is -0.486 e. The highest BCUT2D eigenvalue weighted by Crippen LogP contribution is 2.30. The fraction of sp³-hybridized carbons (Fsp3) is 0.400. The lowest BCUT2D eigenvalue weighted by Crippen LogP contribution is -2.18. The predicted molar refractivity (Wildman–Crippen MR) is 64.5 cm³/mol. The number of nitrogens with two attached hydrogens (primary N) is 1. The van der Waals surface area contributed by atoms with Crippen molar-refractivity contribution in [1.82, 2.24) is 0 Å². The van der Waals surface area contributed by atoms with Crippen LogP contribution >= 0.6 is 15.9 Å². The number of halogens is 1. The Balaban J connectivity index is 2.82. The number of rotatable bonds is 5. The van der Waals surface area contributed by atoms with E-state index in [0.717, 1.165) is 0 Å². The Labute approximate surface area is 102 Å². The van der Waals surface area contributed by atoms with Gasteiger partial charge in [-0.2, -0.15) is 0 Å². The van der Waals surface area contributed by atoms with E-state index in [2.05, 4.69) is 15.9 Å². The van der Waals surface area contributed by atoms with Gasteiger partial charge in [-0.25, -0.2) is 0 Å². The topological polar surface area (TPSA) is 78.4 Å². The van der Waals surface area contributed by atoms with Crippen LogP contribution in [0, 0.1) is 16.0 Å². The molecule has 0 saturated heterocycles. The molecule has 0 amide bonds. The van der Waals surface area contributed by atoms with Crippen molar-refractivity contribution >= 4 is 21.6 Å². The van der Waals surface area contributed by atoms with Gasteiger partial charge in [-0.15, -0.1) is 0 Å². The summed E-state index contributed by atoms with van der Waals surface area (Å²) in [5.41, 5.74) is 5.39. The maximum Gasteiger partial charge on any atom is 0.312 e. The van der Waals surface area contributed by atoms with Crippen LogP contribution in [0.5, 0.6) is 5.75 Å². The highest BCUT2D eigenvalue weighted by atomic mass is 79.9. The zero-order valence-electron chi connectivity index (χ0n) is 8.85. The van der Waals surface area contributed by atoms with Gasteiger partial charge in [-0.1, -0.05) is 22.9 Å². The Morgan fingerprint density at radius 3 is 2.88 bits per heavy atom. The molecule has 16 heavy (non-hydrogen) atoms. The van der Waals surface area contributed by atoms with Crippen LogP contribution in [0.15, 0.2) is 22.7 Å². The van der Waals surface area contributed by atoms with Gasteiger partial charge in [0.1, 0.15) is 0 Å². The van der Waals surface area contributed by atoms with Crippen LogP contribution in [-0.4, -0.2) is 18.1 Å². The van der Waals surface area contributed by atoms with E-state index in [1.165, 1.54) is 6.07 Å². The van der Waals surface area contributed by atoms with Crippen molar-refractivity contribution in [1.29, 1.82) is 0 Å². The van der Waals surface area contributed by atoms with E-state index in [1.807, 2.05) is 6.92 Å². The molecule has 2 N–H and O–H groups in total. The van der Waals surface area contributed by atoms with Crippen molar-refractivity contribution in [2.45, 2.75) is 6.92 Å². The first kappa shape index (κ1) is 12.9. The molecule has 0 aromatic heterocycles. The van der Waals surface area contributed by atoms with E-state index in [-0.39, 0.29) is 17.4 Å². The van der Waals surface area contributed by atoms with Crippen LogP contribution in [0.25, 0.3) is 0 Å². The van der Waals surface area contributed by atoms with Crippen LogP contribution < -0.4 is 10.5 Å². The van der Waals surface area contributed by atoms with E-state index in [0.29, 0.717) is 17.6 Å². The minimum atomic E-state index is -0.465. The standard InChI is InChI=1S/C10H13BrN2O3/c1-7(5-12)6-16-10-3-2-8(11)4-9(10)13(14)15/h2-4,7H,5-6,12H2,1H3. The number of hydrogen-bond donors (Lipinski definition) is 1. The maximum atomic E-state index is 10.8. The molecule has 0 saturated carbocycles.